The van der Waals surface area contributed by atoms with Gasteiger partial charge in [0.25, 0.3) is 5.91 Å². The van der Waals surface area contributed by atoms with Gasteiger partial charge in [0.05, 0.1) is 29.3 Å². The molecule has 0 bridgehead atoms. The van der Waals surface area contributed by atoms with Gasteiger partial charge >= 0.3 is 0 Å². The van der Waals surface area contributed by atoms with Crippen LogP contribution in [0.3, 0.4) is 0 Å². The zero-order valence-corrected chi connectivity index (χ0v) is 14.4. The molecule has 1 aromatic carbocycles. The zero-order valence-electron chi connectivity index (χ0n) is 13.6. The Bertz CT molecular complexity index is 935. The molecule has 25 heavy (non-hydrogen) atoms. The number of hydrogen-bond acceptors (Lipinski definition) is 4. The van der Waals surface area contributed by atoms with E-state index in [1.165, 1.54) is 23.2 Å². The van der Waals surface area contributed by atoms with Gasteiger partial charge in [0.2, 0.25) is 0 Å². The number of carbonyl (C=O) groups excluding carboxylic acids is 1. The molecule has 126 valence electrons. The molecule has 0 aliphatic heterocycles. The Hall–Kier alpha value is -2.73. The molecule has 1 aliphatic carbocycles. The van der Waals surface area contributed by atoms with Gasteiger partial charge in [-0.3, -0.25) is 4.79 Å². The monoisotopic (exact) mass is 353 g/mol. The summed E-state index contributed by atoms with van der Waals surface area (Å²) < 4.78 is 0. The molecule has 0 spiro atoms. The van der Waals surface area contributed by atoms with Crippen LogP contribution < -0.4 is 5.32 Å². The quantitative estimate of drug-likeness (QED) is 0.775. The third-order valence-corrected chi connectivity index (χ3v) is 4.52. The predicted octanol–water partition coefficient (Wildman–Crippen LogP) is 3.75. The van der Waals surface area contributed by atoms with Crippen LogP contribution in [0.25, 0.3) is 5.82 Å². The van der Waals surface area contributed by atoms with Crippen molar-refractivity contribution >= 4 is 23.2 Å². The highest BCUT2D eigenvalue weighted by Gasteiger charge is 2.24. The number of rotatable bonds is 4. The Balaban J connectivity index is 1.57. The van der Waals surface area contributed by atoms with Gasteiger partial charge in [0.15, 0.2) is 5.82 Å². The Morgan fingerprint density at radius 3 is 2.68 bits per heavy atom. The molecule has 1 saturated carbocycles. The fraction of sp³-hybridized carbons (Fsp3) is 0.222. The third-order valence-electron chi connectivity index (χ3n) is 4.24. The highest BCUT2D eigenvalue weighted by Crippen LogP contribution is 2.40. The minimum absolute atomic E-state index is 0.164. The molecular weight excluding hydrogens is 338 g/mol. The van der Waals surface area contributed by atoms with E-state index in [1.54, 1.807) is 24.7 Å². The van der Waals surface area contributed by atoms with E-state index in [9.17, 15) is 4.79 Å². The lowest BCUT2D eigenvalue weighted by Gasteiger charge is -2.10. The van der Waals surface area contributed by atoms with Crippen molar-refractivity contribution in [1.82, 2.24) is 20.0 Å². The molecular formula is C18H16ClN5O. The van der Waals surface area contributed by atoms with Crippen LogP contribution in [0, 0.1) is 6.92 Å². The van der Waals surface area contributed by atoms with Gasteiger partial charge in [-0.05, 0) is 48.9 Å². The van der Waals surface area contributed by atoms with Crippen LogP contribution in [0.1, 0.15) is 40.2 Å². The lowest BCUT2D eigenvalue weighted by Crippen LogP contribution is -2.14. The Labute approximate surface area is 149 Å². The largest absolute Gasteiger partial charge is 0.321 e. The number of hydrogen-bond donors (Lipinski definition) is 1. The van der Waals surface area contributed by atoms with E-state index in [4.69, 9.17) is 11.6 Å². The first-order chi connectivity index (χ1) is 12.1. The maximum Gasteiger partial charge on any atom is 0.255 e. The predicted molar refractivity (Wildman–Crippen MR) is 95.3 cm³/mol. The second-order valence-electron chi connectivity index (χ2n) is 6.15. The highest BCUT2D eigenvalue weighted by atomic mass is 35.5. The standard InChI is InChI=1S/C18H16ClN5O/c1-11-2-3-13(12-4-5-12)8-15(11)18(25)23-14-9-16(19)17(20-10-14)24-21-6-7-22-24/h2-3,6-10,12H,4-5H2,1H3,(H,23,25). The Morgan fingerprint density at radius 1 is 1.24 bits per heavy atom. The average Bonchev–Trinajstić information content (AvgIpc) is 3.30. The molecule has 7 heteroatoms. The lowest BCUT2D eigenvalue weighted by atomic mass is 10.0. The molecule has 0 atom stereocenters. The summed E-state index contributed by atoms with van der Waals surface area (Å²) in [7, 11) is 0. The van der Waals surface area contributed by atoms with E-state index >= 15 is 0 Å². The average molecular weight is 354 g/mol. The molecule has 1 amide bonds. The van der Waals surface area contributed by atoms with Crippen molar-refractivity contribution in [2.24, 2.45) is 0 Å². The van der Waals surface area contributed by atoms with E-state index in [0.29, 0.717) is 28.0 Å². The van der Waals surface area contributed by atoms with E-state index < -0.39 is 0 Å². The first kappa shape index (κ1) is 15.8. The lowest BCUT2D eigenvalue weighted by molar-refractivity contribution is 0.102. The van der Waals surface area contributed by atoms with Crippen molar-refractivity contribution in [2.75, 3.05) is 5.32 Å². The minimum atomic E-state index is -0.164. The van der Waals surface area contributed by atoms with E-state index in [1.807, 2.05) is 19.1 Å². The molecule has 6 nitrogen and oxygen atoms in total. The number of nitrogens with zero attached hydrogens (tertiary/aromatic N) is 4. The molecule has 2 heterocycles. The van der Waals surface area contributed by atoms with E-state index in [-0.39, 0.29) is 5.91 Å². The molecule has 0 unspecified atom stereocenters. The number of aromatic nitrogens is 4. The smallest absolute Gasteiger partial charge is 0.255 e. The summed E-state index contributed by atoms with van der Waals surface area (Å²) in [5.41, 5.74) is 3.38. The van der Waals surface area contributed by atoms with Gasteiger partial charge < -0.3 is 5.32 Å². The number of benzene rings is 1. The molecule has 3 aromatic rings. The second-order valence-corrected chi connectivity index (χ2v) is 6.56. The molecule has 4 rings (SSSR count). The number of anilines is 1. The van der Waals surface area contributed by atoms with Crippen LogP contribution in [-0.4, -0.2) is 25.9 Å². The van der Waals surface area contributed by atoms with Gasteiger partial charge in [-0.25, -0.2) is 4.98 Å². The molecule has 0 radical (unpaired) electrons. The van der Waals surface area contributed by atoms with Crippen LogP contribution in [0.5, 0.6) is 0 Å². The zero-order chi connectivity index (χ0) is 17.4. The third kappa shape index (κ3) is 3.25. The second kappa shape index (κ2) is 6.29. The first-order valence-electron chi connectivity index (χ1n) is 8.06. The van der Waals surface area contributed by atoms with Crippen LogP contribution in [0.2, 0.25) is 5.02 Å². The number of aryl methyl sites for hydroxylation is 1. The van der Waals surface area contributed by atoms with Crippen molar-refractivity contribution in [1.29, 1.82) is 0 Å². The summed E-state index contributed by atoms with van der Waals surface area (Å²) in [5.74, 6) is 0.850. The van der Waals surface area contributed by atoms with E-state index in [0.717, 1.165) is 5.56 Å². The normalized spacial score (nSPS) is 13.7. The number of halogens is 1. The first-order valence-corrected chi connectivity index (χ1v) is 8.44. The molecule has 2 aromatic heterocycles. The molecule has 1 aliphatic rings. The van der Waals surface area contributed by atoms with Gasteiger partial charge in [0, 0.05) is 5.56 Å². The van der Waals surface area contributed by atoms with Crippen LogP contribution in [-0.2, 0) is 0 Å². The van der Waals surface area contributed by atoms with Gasteiger partial charge in [-0.2, -0.15) is 10.2 Å². The van der Waals surface area contributed by atoms with Crippen molar-refractivity contribution in [3.05, 3.63) is 64.6 Å². The highest BCUT2D eigenvalue weighted by molar-refractivity contribution is 6.32. The summed E-state index contributed by atoms with van der Waals surface area (Å²) in [6.07, 6.45) is 7.04. The minimum Gasteiger partial charge on any atom is -0.321 e. The number of pyridine rings is 1. The maximum atomic E-state index is 12.6. The van der Waals surface area contributed by atoms with Gasteiger partial charge in [-0.1, -0.05) is 23.7 Å². The van der Waals surface area contributed by atoms with Gasteiger partial charge in [0.1, 0.15) is 0 Å². The fourth-order valence-corrected chi connectivity index (χ4v) is 2.97. The number of carbonyl (C=O) groups is 1. The van der Waals surface area contributed by atoms with Crippen molar-refractivity contribution < 1.29 is 4.79 Å². The molecule has 0 saturated heterocycles. The molecule has 1 N–H and O–H groups in total. The van der Waals surface area contributed by atoms with Crippen LogP contribution in [0.15, 0.2) is 42.9 Å². The Morgan fingerprint density at radius 2 is 2.00 bits per heavy atom. The van der Waals surface area contributed by atoms with Crippen molar-refractivity contribution in [2.45, 2.75) is 25.7 Å². The summed E-state index contributed by atoms with van der Waals surface area (Å²) in [6, 6.07) is 7.74. The van der Waals surface area contributed by atoms with Crippen LogP contribution >= 0.6 is 11.6 Å². The maximum absolute atomic E-state index is 12.6. The summed E-state index contributed by atoms with van der Waals surface area (Å²) in [6.45, 7) is 1.93. The summed E-state index contributed by atoms with van der Waals surface area (Å²) in [5, 5.41) is 11.2. The SMILES string of the molecule is Cc1ccc(C2CC2)cc1C(=O)Nc1cnc(-n2nccn2)c(Cl)c1. The summed E-state index contributed by atoms with van der Waals surface area (Å²) >= 11 is 6.24. The van der Waals surface area contributed by atoms with Gasteiger partial charge in [-0.15, -0.1) is 4.80 Å². The van der Waals surface area contributed by atoms with Crippen molar-refractivity contribution in [3.63, 3.8) is 0 Å². The topological polar surface area (TPSA) is 72.7 Å². The number of nitrogens with one attached hydrogen (secondary N) is 1. The summed E-state index contributed by atoms with van der Waals surface area (Å²) in [4.78, 5) is 18.2. The number of amides is 1. The fourth-order valence-electron chi connectivity index (χ4n) is 2.72. The molecule has 1 fully saturated rings. The van der Waals surface area contributed by atoms with Crippen molar-refractivity contribution in [3.8, 4) is 5.82 Å². The Kier molecular flexibility index (Phi) is 3.97. The van der Waals surface area contributed by atoms with E-state index in [2.05, 4.69) is 26.6 Å². The van der Waals surface area contributed by atoms with Crippen LogP contribution in [0.4, 0.5) is 5.69 Å².